The molecule has 0 aliphatic carbocycles. The normalized spacial score (nSPS) is 16.2. The largest absolute Gasteiger partial charge is 0.356 e. The van der Waals surface area contributed by atoms with Crippen molar-refractivity contribution in [2.24, 2.45) is 5.73 Å². The molecule has 31 heavy (non-hydrogen) atoms. The summed E-state index contributed by atoms with van der Waals surface area (Å²) in [5.74, 6) is 6.77. The predicted octanol–water partition coefficient (Wildman–Crippen LogP) is 1.26. The molecule has 1 aliphatic heterocycles. The Morgan fingerprint density at radius 1 is 1.19 bits per heavy atom. The smallest absolute Gasteiger partial charge is 0.333 e. The summed E-state index contributed by atoms with van der Waals surface area (Å²) in [5, 5.41) is 0.950. The van der Waals surface area contributed by atoms with Gasteiger partial charge in [0.2, 0.25) is 0 Å². The van der Waals surface area contributed by atoms with Crippen LogP contribution in [0.5, 0.6) is 0 Å². The van der Waals surface area contributed by atoms with Crippen LogP contribution in [0.2, 0.25) is 0 Å². The van der Waals surface area contributed by atoms with Gasteiger partial charge < -0.3 is 10.6 Å². The molecule has 0 saturated carbocycles. The SMILES string of the molecule is CC#CCn1c(N2CCC[C@@H](N)C2)cc(=O)n(Cc2nc(C)c3ccccc3n2)c1=O. The van der Waals surface area contributed by atoms with Crippen LogP contribution in [-0.4, -0.2) is 38.2 Å². The Hall–Kier alpha value is -3.44. The minimum absolute atomic E-state index is 0.00267. The van der Waals surface area contributed by atoms with Crippen LogP contribution in [0, 0.1) is 18.8 Å². The molecule has 0 spiro atoms. The lowest BCUT2D eigenvalue weighted by Crippen LogP contribution is -2.48. The summed E-state index contributed by atoms with van der Waals surface area (Å²) in [6.07, 6.45) is 1.85. The van der Waals surface area contributed by atoms with Gasteiger partial charge in [-0.3, -0.25) is 13.9 Å². The van der Waals surface area contributed by atoms with E-state index in [0.717, 1.165) is 36.0 Å². The van der Waals surface area contributed by atoms with Crippen molar-refractivity contribution in [3.05, 3.63) is 62.7 Å². The lowest BCUT2D eigenvalue weighted by atomic mass is 10.1. The number of piperidine rings is 1. The molecular weight excluding hydrogens is 392 g/mol. The van der Waals surface area contributed by atoms with E-state index in [4.69, 9.17) is 5.73 Å². The van der Waals surface area contributed by atoms with Crippen molar-refractivity contribution in [1.29, 1.82) is 0 Å². The van der Waals surface area contributed by atoms with Gasteiger partial charge >= 0.3 is 5.69 Å². The number of hydrogen-bond donors (Lipinski definition) is 1. The van der Waals surface area contributed by atoms with Crippen molar-refractivity contribution in [3.8, 4) is 11.8 Å². The van der Waals surface area contributed by atoms with Gasteiger partial charge in [-0.05, 0) is 32.8 Å². The minimum Gasteiger partial charge on any atom is -0.356 e. The van der Waals surface area contributed by atoms with E-state index >= 15 is 0 Å². The summed E-state index contributed by atoms with van der Waals surface area (Å²) >= 11 is 0. The van der Waals surface area contributed by atoms with Crippen molar-refractivity contribution in [3.63, 3.8) is 0 Å². The van der Waals surface area contributed by atoms with Crippen LogP contribution in [0.4, 0.5) is 5.82 Å². The van der Waals surface area contributed by atoms with Crippen molar-refractivity contribution >= 4 is 16.7 Å². The molecule has 0 unspecified atom stereocenters. The lowest BCUT2D eigenvalue weighted by Gasteiger charge is -2.33. The summed E-state index contributed by atoms with van der Waals surface area (Å²) in [7, 11) is 0. The van der Waals surface area contributed by atoms with Crippen LogP contribution in [0.25, 0.3) is 10.9 Å². The second-order valence-corrected chi connectivity index (χ2v) is 7.81. The molecule has 3 aromatic rings. The molecule has 0 amide bonds. The van der Waals surface area contributed by atoms with Gasteiger partial charge in [0.25, 0.3) is 5.56 Å². The van der Waals surface area contributed by atoms with Gasteiger partial charge in [-0.25, -0.2) is 14.8 Å². The van der Waals surface area contributed by atoms with Gasteiger partial charge in [-0.2, -0.15) is 0 Å². The first-order chi connectivity index (χ1) is 15.0. The molecule has 4 rings (SSSR count). The Morgan fingerprint density at radius 3 is 2.77 bits per heavy atom. The van der Waals surface area contributed by atoms with Crippen LogP contribution in [-0.2, 0) is 13.1 Å². The molecule has 3 heterocycles. The van der Waals surface area contributed by atoms with Gasteiger partial charge in [0.1, 0.15) is 11.6 Å². The summed E-state index contributed by atoms with van der Waals surface area (Å²) in [6.45, 7) is 5.19. The van der Waals surface area contributed by atoms with E-state index in [-0.39, 0.29) is 24.7 Å². The molecule has 1 fully saturated rings. The Labute approximate surface area is 180 Å². The third-order valence-corrected chi connectivity index (χ3v) is 5.59. The molecule has 160 valence electrons. The summed E-state index contributed by atoms with van der Waals surface area (Å²) < 4.78 is 2.72. The van der Waals surface area contributed by atoms with E-state index in [1.165, 1.54) is 10.6 Å². The fraction of sp³-hybridized carbons (Fsp3) is 0.391. The van der Waals surface area contributed by atoms with E-state index in [9.17, 15) is 9.59 Å². The summed E-state index contributed by atoms with van der Waals surface area (Å²) in [5.41, 5.74) is 6.92. The van der Waals surface area contributed by atoms with Crippen molar-refractivity contribution in [2.45, 2.75) is 45.8 Å². The van der Waals surface area contributed by atoms with E-state index in [2.05, 4.69) is 21.8 Å². The van der Waals surface area contributed by atoms with Crippen molar-refractivity contribution in [2.75, 3.05) is 18.0 Å². The van der Waals surface area contributed by atoms with Gasteiger partial charge in [0, 0.05) is 36.3 Å². The molecule has 1 aromatic carbocycles. The van der Waals surface area contributed by atoms with Gasteiger partial charge in [-0.15, -0.1) is 5.92 Å². The number of benzene rings is 1. The maximum absolute atomic E-state index is 13.3. The molecule has 8 heteroatoms. The maximum atomic E-state index is 13.3. The number of nitrogens with zero attached hydrogens (tertiary/aromatic N) is 5. The second kappa shape index (κ2) is 8.74. The number of hydrogen-bond acceptors (Lipinski definition) is 6. The zero-order valence-corrected chi connectivity index (χ0v) is 17.8. The first-order valence-electron chi connectivity index (χ1n) is 10.4. The van der Waals surface area contributed by atoms with Crippen LogP contribution >= 0.6 is 0 Å². The Morgan fingerprint density at radius 2 is 2.00 bits per heavy atom. The third kappa shape index (κ3) is 4.23. The number of rotatable bonds is 4. The maximum Gasteiger partial charge on any atom is 0.333 e. The van der Waals surface area contributed by atoms with E-state index in [1.807, 2.05) is 36.1 Å². The summed E-state index contributed by atoms with van der Waals surface area (Å²) in [4.78, 5) is 37.4. The number of para-hydroxylation sites is 1. The van der Waals surface area contributed by atoms with Crippen molar-refractivity contribution in [1.82, 2.24) is 19.1 Å². The number of fused-ring (bicyclic) bond motifs is 1. The second-order valence-electron chi connectivity index (χ2n) is 7.81. The fourth-order valence-corrected chi connectivity index (χ4v) is 4.04. The van der Waals surface area contributed by atoms with Crippen LogP contribution < -0.4 is 21.9 Å². The predicted molar refractivity (Wildman–Crippen MR) is 121 cm³/mol. The monoisotopic (exact) mass is 418 g/mol. The Bertz CT molecular complexity index is 1300. The topological polar surface area (TPSA) is 99.0 Å². The highest BCUT2D eigenvalue weighted by Gasteiger charge is 2.22. The molecule has 0 radical (unpaired) electrons. The summed E-state index contributed by atoms with van der Waals surface area (Å²) in [6, 6.07) is 9.21. The van der Waals surface area contributed by atoms with Gasteiger partial charge in [-0.1, -0.05) is 24.1 Å². The molecule has 8 nitrogen and oxygen atoms in total. The van der Waals surface area contributed by atoms with Gasteiger partial charge in [0.05, 0.1) is 18.6 Å². The van der Waals surface area contributed by atoms with Crippen molar-refractivity contribution < 1.29 is 0 Å². The van der Waals surface area contributed by atoms with E-state index in [0.29, 0.717) is 18.2 Å². The first-order valence-corrected chi connectivity index (χ1v) is 10.4. The zero-order valence-electron chi connectivity index (χ0n) is 17.8. The van der Waals surface area contributed by atoms with Crippen LogP contribution in [0.1, 0.15) is 31.3 Å². The molecule has 1 saturated heterocycles. The Balaban J connectivity index is 1.79. The molecule has 1 atom stereocenters. The average molecular weight is 419 g/mol. The molecular formula is C23H26N6O2. The minimum atomic E-state index is -0.418. The highest BCUT2D eigenvalue weighted by molar-refractivity contribution is 5.80. The number of aromatic nitrogens is 4. The highest BCUT2D eigenvalue weighted by atomic mass is 16.2. The number of anilines is 1. The molecule has 2 aromatic heterocycles. The van der Waals surface area contributed by atoms with Gasteiger partial charge in [0.15, 0.2) is 0 Å². The third-order valence-electron chi connectivity index (χ3n) is 5.59. The molecule has 1 aliphatic rings. The molecule has 0 bridgehead atoms. The molecule has 2 N–H and O–H groups in total. The zero-order chi connectivity index (χ0) is 22.0. The number of aryl methyl sites for hydroxylation is 1. The fourth-order valence-electron chi connectivity index (χ4n) is 4.04. The number of nitrogens with two attached hydrogens (primary N) is 1. The standard InChI is InChI=1S/C23H26N6O2/c1-3-4-12-28-21(27-11-7-8-17(24)14-27)13-22(30)29(23(28)31)15-20-25-16(2)18-9-5-6-10-19(18)26-20/h5-6,9-10,13,17H,7-8,11-12,14-15,24H2,1-2H3/t17-/m1/s1. The quantitative estimate of drug-likeness (QED) is 0.641. The van der Waals surface area contributed by atoms with E-state index in [1.54, 1.807) is 11.5 Å². The first kappa shape index (κ1) is 20.8. The Kier molecular flexibility index (Phi) is 5.87. The average Bonchev–Trinajstić information content (AvgIpc) is 2.76. The van der Waals surface area contributed by atoms with Crippen LogP contribution in [0.3, 0.4) is 0 Å². The van der Waals surface area contributed by atoms with Crippen LogP contribution in [0.15, 0.2) is 39.9 Å². The highest BCUT2D eigenvalue weighted by Crippen LogP contribution is 2.18. The lowest BCUT2D eigenvalue weighted by molar-refractivity contribution is 0.491. The van der Waals surface area contributed by atoms with E-state index < -0.39 is 5.69 Å².